The second-order valence-electron chi connectivity index (χ2n) is 10.0. The number of hydrogen-bond donors (Lipinski definition) is 2. The molecule has 10 nitrogen and oxygen atoms in total. The Kier molecular flexibility index (Phi) is 6.93. The van der Waals surface area contributed by atoms with Crippen molar-refractivity contribution in [2.45, 2.75) is 32.0 Å². The number of para-hydroxylation sites is 2. The summed E-state index contributed by atoms with van der Waals surface area (Å²) in [5.74, 6) is 1.54. The lowest BCUT2D eigenvalue weighted by Gasteiger charge is -2.15. The van der Waals surface area contributed by atoms with E-state index < -0.39 is 11.7 Å². The lowest BCUT2D eigenvalue weighted by atomic mass is 10.1. The topological polar surface area (TPSA) is 106 Å². The van der Waals surface area contributed by atoms with Gasteiger partial charge < -0.3 is 19.4 Å². The summed E-state index contributed by atoms with van der Waals surface area (Å²) in [7, 11) is 1.89. The highest BCUT2D eigenvalue weighted by Crippen LogP contribution is 2.30. The quantitative estimate of drug-likeness (QED) is 0.245. The van der Waals surface area contributed by atoms with E-state index in [2.05, 4.69) is 25.6 Å². The van der Waals surface area contributed by atoms with Gasteiger partial charge in [0.1, 0.15) is 0 Å². The first-order valence-corrected chi connectivity index (χ1v) is 13.4. The second kappa shape index (κ2) is 10.7. The number of nitrogens with one attached hydrogen (secondary N) is 2. The van der Waals surface area contributed by atoms with Crippen LogP contribution < -0.4 is 10.6 Å². The number of benzene rings is 2. The summed E-state index contributed by atoms with van der Waals surface area (Å²) in [4.78, 5) is 32.4. The fourth-order valence-corrected chi connectivity index (χ4v) is 5.01. The first-order chi connectivity index (χ1) is 19.8. The number of alkyl halides is 3. The van der Waals surface area contributed by atoms with Crippen molar-refractivity contribution in [1.82, 2.24) is 34.0 Å². The average Bonchev–Trinajstić information content (AvgIpc) is 3.64. The molecule has 5 aromatic rings. The number of carbonyl (C=O) groups excluding carboxylic acids is 1. The molecule has 1 fully saturated rings. The highest BCUT2D eigenvalue weighted by atomic mass is 19.4. The lowest BCUT2D eigenvalue weighted by Crippen LogP contribution is -2.27. The number of aromatic nitrogens is 6. The molecule has 1 aliphatic heterocycles. The van der Waals surface area contributed by atoms with Crippen LogP contribution in [-0.4, -0.2) is 59.5 Å². The molecule has 41 heavy (non-hydrogen) atoms. The van der Waals surface area contributed by atoms with Crippen LogP contribution in [0.3, 0.4) is 0 Å². The van der Waals surface area contributed by atoms with Crippen molar-refractivity contribution in [1.29, 1.82) is 0 Å². The largest absolute Gasteiger partial charge is 0.416 e. The number of nitrogens with zero attached hydrogens (tertiary/aromatic N) is 7. The van der Waals surface area contributed by atoms with Gasteiger partial charge in [0, 0.05) is 33.1 Å². The van der Waals surface area contributed by atoms with E-state index >= 15 is 0 Å². The monoisotopic (exact) mass is 563 g/mol. The first-order valence-electron chi connectivity index (χ1n) is 13.4. The lowest BCUT2D eigenvalue weighted by molar-refractivity contribution is -0.137. The number of halogens is 3. The summed E-state index contributed by atoms with van der Waals surface area (Å²) in [6.45, 7) is 2.28. The Hall–Kier alpha value is -4.68. The van der Waals surface area contributed by atoms with Crippen molar-refractivity contribution in [2.24, 2.45) is 7.05 Å². The zero-order valence-electron chi connectivity index (χ0n) is 22.3. The van der Waals surface area contributed by atoms with Gasteiger partial charge in [-0.3, -0.25) is 10.1 Å². The molecule has 212 valence electrons. The summed E-state index contributed by atoms with van der Waals surface area (Å²) in [5.41, 5.74) is 2.78. The highest BCUT2D eigenvalue weighted by molar-refractivity contribution is 5.85. The number of anilines is 3. The number of aryl methyl sites for hydroxylation is 1. The van der Waals surface area contributed by atoms with E-state index in [-0.39, 0.29) is 12.5 Å². The number of hydrogen-bond acceptors (Lipinski definition) is 7. The summed E-state index contributed by atoms with van der Waals surface area (Å²) in [5, 5.41) is 6.55. The highest BCUT2D eigenvalue weighted by Gasteiger charge is 2.30. The van der Waals surface area contributed by atoms with E-state index in [9.17, 15) is 18.0 Å². The molecule has 1 aliphatic rings. The van der Waals surface area contributed by atoms with Gasteiger partial charge >= 0.3 is 6.18 Å². The molecule has 2 aromatic carbocycles. The number of amides is 1. The van der Waals surface area contributed by atoms with Crippen molar-refractivity contribution in [3.8, 4) is 0 Å². The van der Waals surface area contributed by atoms with Gasteiger partial charge in [-0.1, -0.05) is 24.3 Å². The summed E-state index contributed by atoms with van der Waals surface area (Å²) >= 11 is 0. The van der Waals surface area contributed by atoms with Crippen LogP contribution in [0.1, 0.15) is 30.4 Å². The maximum absolute atomic E-state index is 13.0. The molecule has 3 aromatic heterocycles. The Labute approximate surface area is 233 Å². The number of rotatable bonds is 9. The van der Waals surface area contributed by atoms with Crippen LogP contribution in [0.2, 0.25) is 0 Å². The minimum atomic E-state index is -4.40. The molecule has 1 saturated heterocycles. The van der Waals surface area contributed by atoms with Gasteiger partial charge in [0.25, 0.3) is 0 Å². The van der Waals surface area contributed by atoms with Crippen LogP contribution >= 0.6 is 0 Å². The van der Waals surface area contributed by atoms with Gasteiger partial charge in [-0.2, -0.15) is 23.1 Å². The van der Waals surface area contributed by atoms with Gasteiger partial charge in [-0.05, 0) is 42.7 Å². The summed E-state index contributed by atoms with van der Waals surface area (Å²) in [6, 6.07) is 12.8. The maximum Gasteiger partial charge on any atom is 0.416 e. The molecule has 0 bridgehead atoms. The average molecular weight is 564 g/mol. The van der Waals surface area contributed by atoms with E-state index in [0.717, 1.165) is 42.6 Å². The number of fused-ring (bicyclic) bond motifs is 2. The van der Waals surface area contributed by atoms with Crippen LogP contribution in [0.5, 0.6) is 0 Å². The fourth-order valence-electron chi connectivity index (χ4n) is 5.01. The molecule has 0 unspecified atom stereocenters. The predicted octanol–water partition coefficient (Wildman–Crippen LogP) is 4.95. The minimum Gasteiger partial charge on any atom is -0.368 e. The van der Waals surface area contributed by atoms with E-state index in [1.807, 2.05) is 40.8 Å². The molecule has 0 saturated carbocycles. The number of likely N-dealkylation sites (tertiary alicyclic amines) is 1. The van der Waals surface area contributed by atoms with Crippen molar-refractivity contribution in [3.05, 3.63) is 66.0 Å². The van der Waals surface area contributed by atoms with Gasteiger partial charge in [-0.25, -0.2) is 9.97 Å². The van der Waals surface area contributed by atoms with Gasteiger partial charge in [0.05, 0.1) is 29.5 Å². The number of carbonyl (C=O) groups is 1. The Bertz CT molecular complexity index is 1710. The molecule has 2 N–H and O–H groups in total. The Balaban J connectivity index is 1.29. The van der Waals surface area contributed by atoms with E-state index in [0.29, 0.717) is 54.0 Å². The fraction of sp³-hybridized carbons (Fsp3) is 0.321. The molecular formula is C28H28F3N9O. The van der Waals surface area contributed by atoms with E-state index in [4.69, 9.17) is 4.98 Å². The molecule has 0 aliphatic carbocycles. The summed E-state index contributed by atoms with van der Waals surface area (Å²) in [6.07, 6.45) is -0.562. The molecule has 0 spiro atoms. The molecule has 13 heteroatoms. The maximum atomic E-state index is 13.0. The van der Waals surface area contributed by atoms with Crippen LogP contribution in [0, 0.1) is 0 Å². The Morgan fingerprint density at radius 1 is 1.02 bits per heavy atom. The smallest absolute Gasteiger partial charge is 0.368 e. The molecule has 0 radical (unpaired) electrons. The van der Waals surface area contributed by atoms with Crippen molar-refractivity contribution < 1.29 is 18.0 Å². The van der Waals surface area contributed by atoms with Crippen LogP contribution in [0.15, 0.2) is 54.9 Å². The van der Waals surface area contributed by atoms with Crippen molar-refractivity contribution in [2.75, 3.05) is 30.3 Å². The van der Waals surface area contributed by atoms with Crippen LogP contribution in [0.4, 0.5) is 30.9 Å². The zero-order valence-corrected chi connectivity index (χ0v) is 22.3. The van der Waals surface area contributed by atoms with Gasteiger partial charge in [0.15, 0.2) is 17.0 Å². The van der Waals surface area contributed by atoms with Crippen molar-refractivity contribution in [3.63, 3.8) is 0 Å². The van der Waals surface area contributed by atoms with Gasteiger partial charge in [0.2, 0.25) is 17.8 Å². The summed E-state index contributed by atoms with van der Waals surface area (Å²) < 4.78 is 42.8. The van der Waals surface area contributed by atoms with E-state index in [1.54, 1.807) is 10.9 Å². The second-order valence-corrected chi connectivity index (χ2v) is 10.0. The predicted molar refractivity (Wildman–Crippen MR) is 149 cm³/mol. The zero-order chi connectivity index (χ0) is 28.6. The standard InChI is InChI=1S/C28H28F3N9O/c1-38-21-7-3-2-6-20(21)34-27(38)37-26-35-24(32-13-5-15-39-14-4-8-22(39)41)23-25(36-26)40(17-33-23)16-18-9-11-19(12-10-18)28(29,30)31/h2-3,6-7,9-12,17H,4-5,8,13-16H2,1H3,(H2,32,34,35,36,37). The molecule has 4 heterocycles. The van der Waals surface area contributed by atoms with Gasteiger partial charge in [-0.15, -0.1) is 0 Å². The van der Waals surface area contributed by atoms with Crippen LogP contribution in [-0.2, 0) is 24.6 Å². The first kappa shape index (κ1) is 26.5. The number of imidazole rings is 2. The SMILES string of the molecule is Cn1c(Nc2nc(NCCCN3CCCC3=O)c3ncn(Cc4ccc(C(F)(F)F)cc4)c3n2)nc2ccccc21. The normalized spacial score (nSPS) is 14.0. The van der Waals surface area contributed by atoms with Crippen molar-refractivity contribution >= 4 is 45.8 Å². The third-order valence-electron chi connectivity index (χ3n) is 7.18. The third kappa shape index (κ3) is 5.52. The third-order valence-corrected chi connectivity index (χ3v) is 7.18. The molecule has 0 atom stereocenters. The minimum absolute atomic E-state index is 0.186. The van der Waals surface area contributed by atoms with E-state index in [1.165, 1.54) is 12.1 Å². The Morgan fingerprint density at radius 2 is 1.83 bits per heavy atom. The Morgan fingerprint density at radius 3 is 2.56 bits per heavy atom. The molecular weight excluding hydrogens is 535 g/mol. The van der Waals surface area contributed by atoms with Crippen LogP contribution in [0.25, 0.3) is 22.2 Å². The molecule has 1 amide bonds. The molecule has 6 rings (SSSR count).